The van der Waals surface area contributed by atoms with Crippen LogP contribution in [-0.4, -0.2) is 64.2 Å². The predicted octanol–water partition coefficient (Wildman–Crippen LogP) is 2.52. The number of fused-ring (bicyclic) bond motifs is 3. The number of nitriles is 1. The van der Waals surface area contributed by atoms with Crippen LogP contribution in [0.1, 0.15) is 56.9 Å². The molecule has 0 radical (unpaired) electrons. The summed E-state index contributed by atoms with van der Waals surface area (Å²) in [5.41, 5.74) is 1.58. The molecule has 1 aromatic rings. The number of nitrogens with zero attached hydrogens (tertiary/aromatic N) is 3. The lowest BCUT2D eigenvalue weighted by molar-refractivity contribution is -0.194. The summed E-state index contributed by atoms with van der Waals surface area (Å²) in [6, 6.07) is 0.0408. The van der Waals surface area contributed by atoms with Gasteiger partial charge in [-0.25, -0.2) is 8.78 Å². The summed E-state index contributed by atoms with van der Waals surface area (Å²) in [4.78, 5) is 45.1. The Morgan fingerprint density at radius 3 is 2.66 bits per heavy atom. The maximum Gasteiger partial charge on any atom is 0.255 e. The van der Waals surface area contributed by atoms with Crippen molar-refractivity contribution in [3.63, 3.8) is 0 Å². The van der Waals surface area contributed by atoms with E-state index in [1.54, 1.807) is 12.4 Å². The van der Waals surface area contributed by atoms with Gasteiger partial charge in [0.25, 0.3) is 5.92 Å². The maximum atomic E-state index is 15.1. The van der Waals surface area contributed by atoms with E-state index in [1.165, 1.54) is 4.90 Å². The first kappa shape index (κ1) is 26.3. The second-order valence-corrected chi connectivity index (χ2v) is 11.3. The van der Waals surface area contributed by atoms with Gasteiger partial charge in [-0.1, -0.05) is 12.8 Å². The molecule has 5 fully saturated rings. The third kappa shape index (κ3) is 5.45. The van der Waals surface area contributed by atoms with Crippen molar-refractivity contribution < 1.29 is 23.2 Å². The highest BCUT2D eigenvalue weighted by atomic mass is 19.3. The third-order valence-corrected chi connectivity index (χ3v) is 8.39. The fraction of sp³-hybridized carbons (Fsp3) is 0.667. The molecule has 204 valence electrons. The number of alkyl halides is 2. The summed E-state index contributed by atoms with van der Waals surface area (Å²) in [6.07, 6.45) is 6.59. The van der Waals surface area contributed by atoms with Crippen LogP contribution in [-0.2, 0) is 14.4 Å². The summed E-state index contributed by atoms with van der Waals surface area (Å²) < 4.78 is 30.2. The van der Waals surface area contributed by atoms with Crippen LogP contribution in [0.3, 0.4) is 0 Å². The minimum absolute atomic E-state index is 0.103. The number of amides is 3. The van der Waals surface area contributed by atoms with Crippen LogP contribution in [0.4, 0.5) is 14.5 Å². The Hall–Kier alpha value is -3.29. The van der Waals surface area contributed by atoms with E-state index in [9.17, 15) is 19.6 Å². The van der Waals surface area contributed by atoms with Crippen LogP contribution in [0.5, 0.6) is 0 Å². The Labute approximate surface area is 220 Å². The molecule has 38 heavy (non-hydrogen) atoms. The molecule has 0 spiro atoms. The van der Waals surface area contributed by atoms with Gasteiger partial charge in [0.05, 0.1) is 17.7 Å². The molecule has 3 aliphatic heterocycles. The van der Waals surface area contributed by atoms with Gasteiger partial charge in [0, 0.05) is 37.3 Å². The fourth-order valence-corrected chi connectivity index (χ4v) is 6.30. The van der Waals surface area contributed by atoms with E-state index in [0.717, 1.165) is 18.4 Å². The molecule has 0 aromatic carbocycles. The zero-order chi connectivity index (χ0) is 27.0. The second kappa shape index (κ2) is 10.5. The van der Waals surface area contributed by atoms with Crippen LogP contribution in [0.15, 0.2) is 18.5 Å². The zero-order valence-corrected chi connectivity index (χ0v) is 21.5. The fourth-order valence-electron chi connectivity index (χ4n) is 6.30. The molecular formula is C27H34F2N6O3. The zero-order valence-electron chi connectivity index (χ0n) is 21.5. The highest BCUT2D eigenvalue weighted by molar-refractivity contribution is 5.92. The van der Waals surface area contributed by atoms with Crippen molar-refractivity contribution in [2.45, 2.75) is 88.4 Å². The molecule has 3 saturated heterocycles. The first-order chi connectivity index (χ1) is 18.2. The third-order valence-electron chi connectivity index (χ3n) is 8.39. The average molecular weight is 529 g/mol. The van der Waals surface area contributed by atoms with E-state index in [1.807, 2.05) is 19.1 Å². The summed E-state index contributed by atoms with van der Waals surface area (Å²) in [7, 11) is 0. The minimum Gasteiger partial charge on any atom is -0.372 e. The first-order valence-corrected chi connectivity index (χ1v) is 13.5. The van der Waals surface area contributed by atoms with E-state index in [-0.39, 0.29) is 24.7 Å². The predicted molar refractivity (Wildman–Crippen MR) is 134 cm³/mol. The van der Waals surface area contributed by atoms with Crippen molar-refractivity contribution in [1.29, 1.82) is 5.26 Å². The highest BCUT2D eigenvalue weighted by Gasteiger charge is 2.61. The molecule has 6 rings (SSSR count). The Morgan fingerprint density at radius 2 is 2.03 bits per heavy atom. The molecule has 3 amide bonds. The Balaban J connectivity index is 1.38. The molecule has 1 aromatic heterocycles. The van der Waals surface area contributed by atoms with Gasteiger partial charge in [-0.05, 0) is 56.6 Å². The van der Waals surface area contributed by atoms with E-state index in [4.69, 9.17) is 0 Å². The summed E-state index contributed by atoms with van der Waals surface area (Å²) in [5.74, 6) is -5.77. The van der Waals surface area contributed by atoms with Gasteiger partial charge in [-0.15, -0.1) is 0 Å². The molecule has 2 bridgehead atoms. The summed E-state index contributed by atoms with van der Waals surface area (Å²) in [5, 5.41) is 18.2. The molecule has 9 nitrogen and oxygen atoms in total. The van der Waals surface area contributed by atoms with Crippen molar-refractivity contribution in [3.05, 3.63) is 24.0 Å². The Morgan fingerprint density at radius 1 is 1.24 bits per heavy atom. The summed E-state index contributed by atoms with van der Waals surface area (Å²) >= 11 is 0. The van der Waals surface area contributed by atoms with E-state index >= 15 is 8.78 Å². The topological polar surface area (TPSA) is 127 Å². The number of anilines is 1. The van der Waals surface area contributed by atoms with Crippen LogP contribution in [0, 0.1) is 36.0 Å². The van der Waals surface area contributed by atoms with Gasteiger partial charge < -0.3 is 20.9 Å². The Bertz CT molecular complexity index is 1140. The number of aromatic nitrogens is 1. The molecule has 2 saturated carbocycles. The lowest BCUT2D eigenvalue weighted by atomic mass is 9.71. The number of halogens is 2. The SMILES string of the molecule is Cc1cncc(N[C@H](CC2CC2)C(=O)N2[C@H]3CC[C@@H]([C@@H]2C(=O)N[C@@H](C#N)C[C@@H]2CCNC2=O)C(F)(F)C3)c1. The van der Waals surface area contributed by atoms with Gasteiger partial charge >= 0.3 is 0 Å². The second-order valence-electron chi connectivity index (χ2n) is 11.3. The van der Waals surface area contributed by atoms with Gasteiger partial charge in [0.15, 0.2) is 0 Å². The van der Waals surface area contributed by atoms with Crippen LogP contribution in [0.25, 0.3) is 0 Å². The summed E-state index contributed by atoms with van der Waals surface area (Å²) in [6.45, 7) is 2.39. The molecule has 0 unspecified atom stereocenters. The van der Waals surface area contributed by atoms with Gasteiger partial charge in [0.1, 0.15) is 18.1 Å². The lowest BCUT2D eigenvalue weighted by Gasteiger charge is -2.54. The molecule has 5 aliphatic rings. The average Bonchev–Trinajstić information content (AvgIpc) is 3.61. The molecule has 11 heteroatoms. The van der Waals surface area contributed by atoms with Crippen molar-refractivity contribution in [2.24, 2.45) is 17.8 Å². The number of aryl methyl sites for hydroxylation is 1. The molecule has 3 N–H and O–H groups in total. The van der Waals surface area contributed by atoms with Crippen LogP contribution < -0.4 is 16.0 Å². The normalized spacial score (nSPS) is 29.2. The maximum absolute atomic E-state index is 15.1. The Kier molecular flexibility index (Phi) is 7.25. The molecule has 4 heterocycles. The number of pyridine rings is 1. The van der Waals surface area contributed by atoms with Crippen LogP contribution in [0.2, 0.25) is 0 Å². The van der Waals surface area contributed by atoms with Gasteiger partial charge in [0.2, 0.25) is 17.7 Å². The van der Waals surface area contributed by atoms with Crippen molar-refractivity contribution in [3.8, 4) is 6.07 Å². The van der Waals surface area contributed by atoms with E-state index in [2.05, 4.69) is 20.9 Å². The monoisotopic (exact) mass is 528 g/mol. The van der Waals surface area contributed by atoms with Crippen molar-refractivity contribution in [1.82, 2.24) is 20.5 Å². The standard InChI is InChI=1S/C27H34F2N6O3/c1-15-8-19(14-31-13-15)33-22(9-16-2-3-16)26(38)35-20-4-5-21(27(28,29)11-20)23(35)25(37)34-18(12-30)10-17-6-7-32-24(17)36/h8,13-14,16-18,20-23,33H,2-7,9-11H2,1H3,(H,32,36)(H,34,37)/t17-,18+,20-,21-,22+,23+/m0/s1. The van der Waals surface area contributed by atoms with Gasteiger partial charge in [-0.2, -0.15) is 5.26 Å². The number of hydrogen-bond acceptors (Lipinski definition) is 6. The minimum atomic E-state index is -3.09. The number of piperidine rings is 2. The number of carbonyl (C=O) groups is 3. The molecule has 2 aliphatic carbocycles. The number of nitrogens with one attached hydrogen (secondary N) is 3. The largest absolute Gasteiger partial charge is 0.372 e. The molecule has 6 atom stereocenters. The molecular weight excluding hydrogens is 494 g/mol. The quantitative estimate of drug-likeness (QED) is 0.452. The number of carbonyl (C=O) groups excluding carboxylic acids is 3. The first-order valence-electron chi connectivity index (χ1n) is 13.5. The van der Waals surface area contributed by atoms with Crippen LogP contribution >= 0.6 is 0 Å². The number of rotatable bonds is 9. The van der Waals surface area contributed by atoms with Gasteiger partial charge in [-0.3, -0.25) is 19.4 Å². The highest BCUT2D eigenvalue weighted by Crippen LogP contribution is 2.49. The van der Waals surface area contributed by atoms with Crippen molar-refractivity contribution in [2.75, 3.05) is 11.9 Å². The smallest absolute Gasteiger partial charge is 0.255 e. The van der Waals surface area contributed by atoms with Crippen molar-refractivity contribution >= 4 is 23.4 Å². The van der Waals surface area contributed by atoms with E-state index in [0.29, 0.717) is 37.4 Å². The lowest BCUT2D eigenvalue weighted by Crippen LogP contribution is -2.70. The number of hydrogen-bond donors (Lipinski definition) is 3. The van der Waals surface area contributed by atoms with E-state index < -0.39 is 54.3 Å².